The number of benzene rings is 3. The molecular weight excluding hydrogens is 827 g/mol. The second-order valence-electron chi connectivity index (χ2n) is 14.7. The Bertz CT molecular complexity index is 3010. The van der Waals surface area contributed by atoms with E-state index in [0.29, 0.717) is 27.8 Å². The van der Waals surface area contributed by atoms with E-state index in [1.807, 2.05) is 26.8 Å². The first-order valence-electron chi connectivity index (χ1n) is 24.5. The van der Waals surface area contributed by atoms with Gasteiger partial charge in [-0.05, 0) is 90.3 Å². The molecule has 0 saturated carbocycles. The quantitative estimate of drug-likeness (QED) is 0.162. The molecule has 273 valence electrons. The van der Waals surface area contributed by atoms with E-state index >= 15 is 0 Å². The van der Waals surface area contributed by atoms with Crippen LogP contribution in [0.15, 0.2) is 102 Å². The molecule has 1 atom stereocenters. The van der Waals surface area contributed by atoms with Gasteiger partial charge in [0.25, 0.3) is 0 Å². The first-order valence-corrected chi connectivity index (χ1v) is 17.0. The van der Waals surface area contributed by atoms with Crippen molar-refractivity contribution in [2.45, 2.75) is 86.6 Å². The number of fused-ring (bicyclic) bond motifs is 4. The molecule has 0 saturated heterocycles. The first-order chi connectivity index (χ1) is 30.7. The van der Waals surface area contributed by atoms with Crippen LogP contribution < -0.4 is 0 Å². The van der Waals surface area contributed by atoms with E-state index in [0.717, 1.165) is 11.6 Å². The Kier molecular flexibility index (Phi) is 6.83. The average molecular weight is 891 g/mol. The summed E-state index contributed by atoms with van der Waals surface area (Å²) in [6.07, 6.45) is -5.97. The molecule has 1 unspecified atom stereocenters. The summed E-state index contributed by atoms with van der Waals surface area (Å²) in [5.41, 5.74) is 0.564. The van der Waals surface area contributed by atoms with Crippen LogP contribution >= 0.6 is 0 Å². The molecule has 1 radical (unpaired) electrons. The van der Waals surface area contributed by atoms with E-state index in [4.69, 9.17) is 23.6 Å². The van der Waals surface area contributed by atoms with Crippen LogP contribution in [0.3, 0.4) is 0 Å². The largest absolute Gasteiger partial charge is 0.486 e. The minimum Gasteiger partial charge on any atom is -0.486 e. The summed E-state index contributed by atoms with van der Waals surface area (Å²) in [7, 11) is 0. The van der Waals surface area contributed by atoms with Gasteiger partial charge in [0.05, 0.1) is 5.58 Å². The van der Waals surface area contributed by atoms with Gasteiger partial charge in [-0.25, -0.2) is 4.98 Å². The van der Waals surface area contributed by atoms with Crippen LogP contribution in [0.25, 0.3) is 44.6 Å². The fourth-order valence-electron chi connectivity index (χ4n) is 5.96. The van der Waals surface area contributed by atoms with Gasteiger partial charge in [0.15, 0.2) is 0 Å². The van der Waals surface area contributed by atoms with Crippen molar-refractivity contribution < 1.29 is 45.1 Å². The van der Waals surface area contributed by atoms with Crippen molar-refractivity contribution >= 4 is 22.1 Å². The van der Waals surface area contributed by atoms with E-state index in [9.17, 15) is 1.37 Å². The number of hydrogen-bond acceptors (Lipinski definition) is 4. The molecule has 1 aliphatic carbocycles. The van der Waals surface area contributed by atoms with Crippen molar-refractivity contribution in [3.63, 3.8) is 0 Å². The van der Waals surface area contributed by atoms with E-state index in [1.165, 1.54) is 36.4 Å². The van der Waals surface area contributed by atoms with Gasteiger partial charge in [0.1, 0.15) is 0 Å². The smallest absolute Gasteiger partial charge is 0.216 e. The summed E-state index contributed by atoms with van der Waals surface area (Å²) < 4.78 is 132. The summed E-state index contributed by atoms with van der Waals surface area (Å²) in [4.78, 5) is 12.9. The monoisotopic (exact) mass is 891 g/mol. The Balaban J connectivity index is 0.000000225. The van der Waals surface area contributed by atoms with Crippen molar-refractivity contribution in [2.75, 3.05) is 0 Å². The van der Waals surface area contributed by atoms with Crippen LogP contribution in [-0.4, -0.2) is 15.0 Å². The van der Waals surface area contributed by atoms with Crippen molar-refractivity contribution in [1.82, 2.24) is 15.0 Å². The van der Waals surface area contributed by atoms with Gasteiger partial charge in [-0.15, -0.1) is 53.1 Å². The third kappa shape index (κ3) is 8.86. The minimum atomic E-state index is -2.64. The van der Waals surface area contributed by atoms with E-state index in [1.54, 1.807) is 69.4 Å². The second-order valence-corrected chi connectivity index (χ2v) is 14.7. The number of pyridine rings is 3. The summed E-state index contributed by atoms with van der Waals surface area (Å²) >= 11 is 0. The second kappa shape index (κ2) is 15.5. The Morgan fingerprint density at radius 3 is 2.34 bits per heavy atom. The molecule has 4 nitrogen and oxygen atoms in total. The Morgan fingerprint density at radius 1 is 0.830 bits per heavy atom. The molecule has 0 bridgehead atoms. The number of aryl methyl sites for hydroxylation is 2. The van der Waals surface area contributed by atoms with E-state index < -0.39 is 55.9 Å². The Labute approximate surface area is 350 Å². The van der Waals surface area contributed by atoms with Gasteiger partial charge in [-0.1, -0.05) is 112 Å². The third-order valence-corrected chi connectivity index (χ3v) is 8.07. The van der Waals surface area contributed by atoms with Crippen molar-refractivity contribution in [3.05, 3.63) is 149 Å². The van der Waals surface area contributed by atoms with Crippen LogP contribution in [0, 0.1) is 36.7 Å². The molecule has 8 rings (SSSR count). The molecular formula is C48H49IrN3O-2. The van der Waals surface area contributed by atoms with E-state index in [-0.39, 0.29) is 70.6 Å². The van der Waals surface area contributed by atoms with Gasteiger partial charge in [0.2, 0.25) is 5.71 Å². The molecule has 4 aromatic heterocycles. The number of rotatable bonds is 5. The Hall–Kier alpha value is -4.44. The van der Waals surface area contributed by atoms with Crippen LogP contribution in [0.1, 0.15) is 107 Å². The fourth-order valence-corrected chi connectivity index (χ4v) is 5.96. The maximum Gasteiger partial charge on any atom is 0.216 e. The van der Waals surface area contributed by atoms with Crippen LogP contribution in [0.2, 0.25) is 0 Å². The maximum absolute atomic E-state index is 9.19. The normalized spacial score (nSPS) is 22.6. The predicted octanol–water partition coefficient (Wildman–Crippen LogP) is 12.1. The summed E-state index contributed by atoms with van der Waals surface area (Å²) in [5, 5.41) is 1.48. The molecule has 0 amide bonds. The van der Waals surface area contributed by atoms with Gasteiger partial charge in [0, 0.05) is 64.1 Å². The van der Waals surface area contributed by atoms with E-state index in [2.05, 4.69) is 27.1 Å². The van der Waals surface area contributed by atoms with Crippen molar-refractivity contribution in [2.24, 2.45) is 10.8 Å². The number of aromatic nitrogens is 3. The predicted molar refractivity (Wildman–Crippen MR) is 214 cm³/mol. The SMILES string of the molecule is [2H]C([2H])([2H])c1ccc2c(n1)oc1c(-c3cc(C([2H])([2H])C(C)(C)C)ccn3)[c-]ccc12.[2H]C([2H])([2H])c1cnc(-c2[c-]ccc3c2C([2H])([2H])C([2H])(c2ccccc2)C3([2H])[2H])cc1C([2H])([2H])C(C)(C)C.[Ir]. The van der Waals surface area contributed by atoms with Crippen LogP contribution in [-0.2, 0) is 45.6 Å². The summed E-state index contributed by atoms with van der Waals surface area (Å²) in [6.45, 7) is 5.57. The zero-order chi connectivity index (χ0) is 49.7. The van der Waals surface area contributed by atoms with Gasteiger partial charge in [-0.3, -0.25) is 0 Å². The standard InChI is InChI=1S/C26H28N.C22H21N2O.Ir/c1-18-17-27-25(15-22(18)16-26(2,3)4)23-12-8-11-20-13-21(14-24(20)23)19-9-6-5-7-10-19;1-14-8-9-17-16-6-5-7-18(20(16)25-21(17)24-14)19-12-15(10-11-23-19)13-22(2,3)4;/h5-11,15,17,21H,13-14,16H2,1-4H3;5-6,8-12H,13H2,1-4H3;/q2*-1;/i1D3,13D2,14D2,16D2,21D;1D3,13D2;. The maximum atomic E-state index is 9.19. The van der Waals surface area contributed by atoms with Crippen LogP contribution in [0.5, 0.6) is 0 Å². The molecule has 5 heteroatoms. The Morgan fingerprint density at radius 2 is 1.58 bits per heavy atom. The molecule has 0 aliphatic heterocycles. The molecule has 53 heavy (non-hydrogen) atoms. The van der Waals surface area contributed by atoms with Gasteiger partial charge in [-0.2, -0.15) is 0 Å². The molecule has 1 aliphatic rings. The molecule has 0 spiro atoms. The van der Waals surface area contributed by atoms with Gasteiger partial charge >= 0.3 is 0 Å². The molecule has 7 aromatic rings. The minimum absolute atomic E-state index is 0. The fraction of sp³-hybridized carbons (Fsp3) is 0.312. The van der Waals surface area contributed by atoms with Gasteiger partial charge < -0.3 is 14.4 Å². The number of hydrogen-bond donors (Lipinski definition) is 0. The zero-order valence-electron chi connectivity index (χ0n) is 45.3. The topological polar surface area (TPSA) is 51.8 Å². The van der Waals surface area contributed by atoms with Crippen LogP contribution in [0.4, 0.5) is 0 Å². The van der Waals surface area contributed by atoms with Crippen molar-refractivity contribution in [1.29, 1.82) is 0 Å². The number of furan rings is 1. The summed E-state index contributed by atoms with van der Waals surface area (Å²) in [6, 6.07) is 28.4. The first kappa shape index (κ1) is 23.4. The average Bonchev–Trinajstić information content (AvgIpc) is 3.68. The van der Waals surface area contributed by atoms with Crippen molar-refractivity contribution in [3.8, 4) is 22.5 Å². The third-order valence-electron chi connectivity index (χ3n) is 8.07. The summed E-state index contributed by atoms with van der Waals surface area (Å²) in [5.74, 6) is -2.34. The number of nitrogens with zero attached hydrogens (tertiary/aromatic N) is 3. The zero-order valence-corrected chi connectivity index (χ0v) is 32.7. The molecule has 3 aromatic carbocycles. The molecule has 4 heterocycles. The molecule has 0 fully saturated rings. The molecule has 0 N–H and O–H groups in total.